The average molecular weight is 412 g/mol. The maximum Gasteiger partial charge on any atom is 0.337 e. The Kier molecular flexibility index (Phi) is 5.02. The van der Waals surface area contributed by atoms with Crippen LogP contribution in [0.4, 0.5) is 0 Å². The van der Waals surface area contributed by atoms with Crippen molar-refractivity contribution in [2.24, 2.45) is 11.3 Å². The largest absolute Gasteiger partial charge is 0.465 e. The van der Waals surface area contributed by atoms with Gasteiger partial charge in [-0.15, -0.1) is 16.4 Å². The van der Waals surface area contributed by atoms with Crippen molar-refractivity contribution in [1.82, 2.24) is 15.0 Å². The minimum atomic E-state index is -0.402. The highest BCUT2D eigenvalue weighted by Gasteiger charge is 2.31. The third-order valence-corrected chi connectivity index (χ3v) is 6.98. The smallest absolute Gasteiger partial charge is 0.337 e. The van der Waals surface area contributed by atoms with E-state index in [1.165, 1.54) is 16.7 Å². The van der Waals surface area contributed by atoms with Crippen molar-refractivity contribution in [3.8, 4) is 0 Å². The first-order valence-electron chi connectivity index (χ1n) is 9.83. The molecule has 0 radical (unpaired) electrons. The minimum absolute atomic E-state index is 0.106. The number of methoxy groups -OCH3 is 1. The number of benzene rings is 1. The highest BCUT2D eigenvalue weighted by atomic mass is 32.1. The van der Waals surface area contributed by atoms with Crippen LogP contribution in [0, 0.1) is 11.3 Å². The summed E-state index contributed by atoms with van der Waals surface area (Å²) in [6.45, 7) is 7.11. The number of aromatic nitrogens is 3. The Morgan fingerprint density at radius 1 is 1.34 bits per heavy atom. The van der Waals surface area contributed by atoms with Crippen LogP contribution >= 0.6 is 11.3 Å². The van der Waals surface area contributed by atoms with Gasteiger partial charge in [0.25, 0.3) is 5.56 Å². The van der Waals surface area contributed by atoms with Crippen LogP contribution < -0.4 is 5.56 Å². The van der Waals surface area contributed by atoms with Crippen molar-refractivity contribution >= 4 is 27.5 Å². The molecule has 0 saturated heterocycles. The van der Waals surface area contributed by atoms with Gasteiger partial charge in [0.15, 0.2) is 4.83 Å². The van der Waals surface area contributed by atoms with E-state index in [0.717, 1.165) is 40.6 Å². The molecule has 0 saturated carbocycles. The fourth-order valence-corrected chi connectivity index (χ4v) is 5.29. The van der Waals surface area contributed by atoms with E-state index in [2.05, 4.69) is 31.1 Å². The van der Waals surface area contributed by atoms with E-state index < -0.39 is 5.97 Å². The second kappa shape index (κ2) is 7.37. The summed E-state index contributed by atoms with van der Waals surface area (Å²) in [5.41, 5.74) is 2.56. The first-order valence-corrected chi connectivity index (χ1v) is 10.6. The normalized spacial score (nSPS) is 16.6. The molecule has 6 nitrogen and oxygen atoms in total. The Balaban J connectivity index is 1.69. The number of fused-ring (bicyclic) bond motifs is 3. The van der Waals surface area contributed by atoms with Crippen molar-refractivity contribution in [2.45, 2.75) is 46.6 Å². The molecule has 0 fully saturated rings. The predicted octanol–water partition coefficient (Wildman–Crippen LogP) is 3.84. The summed E-state index contributed by atoms with van der Waals surface area (Å²) >= 11 is 1.61. The highest BCUT2D eigenvalue weighted by molar-refractivity contribution is 7.18. The second-order valence-corrected chi connectivity index (χ2v) is 9.82. The Morgan fingerprint density at radius 2 is 2.14 bits per heavy atom. The molecule has 1 atom stereocenters. The van der Waals surface area contributed by atoms with Crippen molar-refractivity contribution in [3.63, 3.8) is 0 Å². The molecule has 0 N–H and O–H groups in total. The molecule has 0 bridgehead atoms. The standard InChI is InChI=1S/C22H25N3O3S/c1-22(2,3)15-8-9-16-17(11-15)29-19-18(16)20(26)25(24-23-19)12-13-6-5-7-14(10-13)21(27)28-4/h5-7,10,15H,8-9,11-12H2,1-4H3/t15-/m1/s1. The zero-order valence-electron chi connectivity index (χ0n) is 17.2. The quantitative estimate of drug-likeness (QED) is 0.612. The van der Waals surface area contributed by atoms with Crippen LogP contribution in [0.3, 0.4) is 0 Å². The van der Waals surface area contributed by atoms with Crippen LogP contribution in [0.25, 0.3) is 10.2 Å². The fourth-order valence-electron chi connectivity index (χ4n) is 4.06. The van der Waals surface area contributed by atoms with Gasteiger partial charge in [0, 0.05) is 4.88 Å². The third-order valence-electron chi connectivity index (χ3n) is 5.84. The summed E-state index contributed by atoms with van der Waals surface area (Å²) < 4.78 is 6.16. The van der Waals surface area contributed by atoms with Crippen molar-refractivity contribution < 1.29 is 9.53 Å². The summed E-state index contributed by atoms with van der Waals surface area (Å²) in [7, 11) is 1.35. The van der Waals surface area contributed by atoms with Gasteiger partial charge in [-0.3, -0.25) is 4.79 Å². The van der Waals surface area contributed by atoms with Crippen LogP contribution in [0.1, 0.15) is 53.6 Å². The topological polar surface area (TPSA) is 74.1 Å². The van der Waals surface area contributed by atoms with Crippen molar-refractivity contribution in [2.75, 3.05) is 7.11 Å². The molecule has 152 valence electrons. The molecular formula is C22H25N3O3S. The summed E-state index contributed by atoms with van der Waals surface area (Å²) in [5, 5.41) is 9.22. The predicted molar refractivity (Wildman–Crippen MR) is 114 cm³/mol. The SMILES string of the molecule is COC(=O)c1cccc(Cn2nnc3sc4c(c3c2=O)CC[C@@H](C(C)(C)C)C4)c1. The molecule has 0 aliphatic heterocycles. The van der Waals surface area contributed by atoms with Gasteiger partial charge in [0.05, 0.1) is 24.6 Å². The van der Waals surface area contributed by atoms with E-state index in [1.807, 2.05) is 6.07 Å². The van der Waals surface area contributed by atoms with Crippen LogP contribution in [-0.2, 0) is 24.1 Å². The second-order valence-electron chi connectivity index (χ2n) is 8.73. The Bertz CT molecular complexity index is 1140. The number of nitrogens with zero attached hydrogens (tertiary/aromatic N) is 3. The van der Waals surface area contributed by atoms with Gasteiger partial charge in [0.1, 0.15) is 0 Å². The van der Waals surface area contributed by atoms with E-state index in [9.17, 15) is 9.59 Å². The number of ether oxygens (including phenoxy) is 1. The Morgan fingerprint density at radius 3 is 2.86 bits per heavy atom. The van der Waals surface area contributed by atoms with Crippen LogP contribution in [0.5, 0.6) is 0 Å². The highest BCUT2D eigenvalue weighted by Crippen LogP contribution is 2.41. The zero-order chi connectivity index (χ0) is 20.8. The lowest BCUT2D eigenvalue weighted by molar-refractivity contribution is 0.0600. The molecule has 4 rings (SSSR count). The maximum absolute atomic E-state index is 13.2. The summed E-state index contributed by atoms with van der Waals surface area (Å²) in [5.74, 6) is 0.209. The average Bonchev–Trinajstić information content (AvgIpc) is 3.07. The molecular weight excluding hydrogens is 386 g/mol. The minimum Gasteiger partial charge on any atom is -0.465 e. The van der Waals surface area contributed by atoms with E-state index in [-0.39, 0.29) is 17.5 Å². The lowest BCUT2D eigenvalue weighted by atomic mass is 9.72. The number of carbonyl (C=O) groups excluding carboxylic acids is 1. The number of hydrogen-bond acceptors (Lipinski definition) is 6. The fraction of sp³-hybridized carbons (Fsp3) is 0.455. The molecule has 0 unspecified atom stereocenters. The van der Waals surface area contributed by atoms with Gasteiger partial charge >= 0.3 is 5.97 Å². The maximum atomic E-state index is 13.2. The molecule has 2 heterocycles. The number of esters is 1. The number of carbonyl (C=O) groups is 1. The molecule has 1 aromatic carbocycles. The van der Waals surface area contributed by atoms with Gasteiger partial charge in [-0.1, -0.05) is 38.1 Å². The monoisotopic (exact) mass is 411 g/mol. The Hall–Kier alpha value is -2.54. The summed E-state index contributed by atoms with van der Waals surface area (Å²) in [6, 6.07) is 7.05. The van der Waals surface area contributed by atoms with Crippen LogP contribution in [0.15, 0.2) is 29.1 Å². The number of rotatable bonds is 3. The van der Waals surface area contributed by atoms with Gasteiger partial charge in [0.2, 0.25) is 0 Å². The molecule has 3 aromatic rings. The molecule has 2 aromatic heterocycles. The molecule has 29 heavy (non-hydrogen) atoms. The van der Waals surface area contributed by atoms with Gasteiger partial charge < -0.3 is 4.74 Å². The van der Waals surface area contributed by atoms with E-state index >= 15 is 0 Å². The van der Waals surface area contributed by atoms with Crippen molar-refractivity contribution in [3.05, 3.63) is 56.2 Å². The molecule has 0 amide bonds. The van der Waals surface area contributed by atoms with Crippen LogP contribution in [-0.4, -0.2) is 28.1 Å². The van der Waals surface area contributed by atoms with Crippen molar-refractivity contribution in [1.29, 1.82) is 0 Å². The van der Waals surface area contributed by atoms with Gasteiger partial charge in [-0.2, -0.15) is 0 Å². The molecule has 1 aliphatic carbocycles. The number of thiophene rings is 1. The Labute approximate surface area is 173 Å². The number of aryl methyl sites for hydroxylation is 1. The van der Waals surface area contributed by atoms with E-state index in [0.29, 0.717) is 11.5 Å². The summed E-state index contributed by atoms with van der Waals surface area (Å²) in [4.78, 5) is 27.0. The lowest BCUT2D eigenvalue weighted by Crippen LogP contribution is -2.28. The third kappa shape index (κ3) is 3.71. The number of hydrogen-bond donors (Lipinski definition) is 0. The summed E-state index contributed by atoms with van der Waals surface area (Å²) in [6.07, 6.45) is 3.00. The first-order chi connectivity index (χ1) is 13.8. The molecule has 0 spiro atoms. The van der Waals surface area contributed by atoms with Gasteiger partial charge in [-0.05, 0) is 53.9 Å². The molecule has 1 aliphatic rings. The van der Waals surface area contributed by atoms with Crippen LogP contribution in [0.2, 0.25) is 0 Å². The molecule has 7 heteroatoms. The zero-order valence-corrected chi connectivity index (χ0v) is 18.0. The first kappa shape index (κ1) is 19.8. The lowest BCUT2D eigenvalue weighted by Gasteiger charge is -2.33. The van der Waals surface area contributed by atoms with E-state index in [4.69, 9.17) is 4.74 Å². The van der Waals surface area contributed by atoms with E-state index in [1.54, 1.807) is 29.5 Å². The van der Waals surface area contributed by atoms with Gasteiger partial charge in [-0.25, -0.2) is 9.48 Å².